The number of hydrogen-bond acceptors (Lipinski definition) is 5. The molecule has 1 fully saturated rings. The number of ether oxygens (including phenoxy) is 2. The highest BCUT2D eigenvalue weighted by Gasteiger charge is 2.50. The van der Waals surface area contributed by atoms with Gasteiger partial charge in [-0.2, -0.15) is 8.78 Å². The smallest absolute Gasteiger partial charge is 0.327 e. The summed E-state index contributed by atoms with van der Waals surface area (Å²) in [5, 5.41) is 13.6. The number of carbonyl (C=O) groups is 1. The van der Waals surface area contributed by atoms with Crippen LogP contribution in [0, 0.1) is 11.7 Å². The lowest BCUT2D eigenvalue weighted by Gasteiger charge is -2.31. The lowest BCUT2D eigenvalue weighted by Crippen LogP contribution is -2.54. The zero-order chi connectivity index (χ0) is 24.6. The van der Waals surface area contributed by atoms with E-state index in [1.54, 1.807) is 18.2 Å². The molecule has 2 aromatic carbocycles. The Morgan fingerprint density at radius 3 is 2.54 bits per heavy atom. The van der Waals surface area contributed by atoms with Crippen LogP contribution in [0.1, 0.15) is 35.6 Å². The van der Waals surface area contributed by atoms with E-state index >= 15 is 8.78 Å². The average Bonchev–Trinajstić information content (AvgIpc) is 3.52. The topological polar surface area (TPSA) is 71.0 Å². The molecule has 1 aliphatic carbocycles. The van der Waals surface area contributed by atoms with Crippen LogP contribution in [0.5, 0.6) is 11.5 Å². The fraction of sp³-hybridized carbons (Fsp3) is 0.500. The molecule has 0 radical (unpaired) electrons. The number of amides is 1. The number of aliphatic hydroxyl groups is 1. The van der Waals surface area contributed by atoms with Crippen LogP contribution in [0.25, 0.3) is 0 Å². The van der Waals surface area contributed by atoms with Crippen LogP contribution >= 0.6 is 0 Å². The summed E-state index contributed by atoms with van der Waals surface area (Å²) in [4.78, 5) is 15.0. The Morgan fingerprint density at radius 1 is 1.06 bits per heavy atom. The SMILES string of the molecule is O=C(N[C@H](CN1CCCC1)[C@H](O)c1ccc2c(c1)OCCO2)C(F)(F)C1Cc2ccc(F)cc2C1. The third-order valence-electron chi connectivity index (χ3n) is 7.18. The van der Waals surface area contributed by atoms with Gasteiger partial charge in [0.1, 0.15) is 25.1 Å². The Hall–Kier alpha value is -2.78. The molecule has 3 atom stereocenters. The summed E-state index contributed by atoms with van der Waals surface area (Å²) in [5.74, 6) is -5.82. The molecule has 0 bridgehead atoms. The minimum absolute atomic E-state index is 0.00244. The van der Waals surface area contributed by atoms with Crippen molar-refractivity contribution in [3.63, 3.8) is 0 Å². The highest BCUT2D eigenvalue weighted by atomic mass is 19.3. The average molecular weight is 491 g/mol. The van der Waals surface area contributed by atoms with E-state index in [4.69, 9.17) is 9.47 Å². The van der Waals surface area contributed by atoms with E-state index in [0.717, 1.165) is 25.9 Å². The van der Waals surface area contributed by atoms with E-state index in [2.05, 4.69) is 10.2 Å². The molecule has 1 amide bonds. The molecule has 1 saturated heterocycles. The molecule has 3 aliphatic rings. The van der Waals surface area contributed by atoms with Gasteiger partial charge in [0.25, 0.3) is 5.91 Å². The Morgan fingerprint density at radius 2 is 1.77 bits per heavy atom. The van der Waals surface area contributed by atoms with Crippen LogP contribution in [0.15, 0.2) is 36.4 Å². The van der Waals surface area contributed by atoms with Crippen molar-refractivity contribution in [2.75, 3.05) is 32.8 Å². The summed E-state index contributed by atoms with van der Waals surface area (Å²) < 4.78 is 55.3. The van der Waals surface area contributed by atoms with Crippen LogP contribution in [-0.4, -0.2) is 60.7 Å². The van der Waals surface area contributed by atoms with E-state index in [9.17, 15) is 14.3 Å². The van der Waals surface area contributed by atoms with Crippen molar-refractivity contribution in [1.82, 2.24) is 10.2 Å². The van der Waals surface area contributed by atoms with Crippen LogP contribution in [-0.2, 0) is 17.6 Å². The maximum absolute atomic E-state index is 15.3. The van der Waals surface area contributed by atoms with Gasteiger partial charge in [-0.15, -0.1) is 0 Å². The first-order valence-electron chi connectivity index (χ1n) is 12.1. The van der Waals surface area contributed by atoms with Crippen molar-refractivity contribution in [3.05, 3.63) is 58.9 Å². The first kappa shape index (κ1) is 23.9. The molecule has 188 valence electrons. The maximum Gasteiger partial charge on any atom is 0.327 e. The summed E-state index contributed by atoms with van der Waals surface area (Å²) in [7, 11) is 0. The van der Waals surface area contributed by atoms with E-state index in [1.165, 1.54) is 18.2 Å². The van der Waals surface area contributed by atoms with Gasteiger partial charge < -0.3 is 24.8 Å². The zero-order valence-electron chi connectivity index (χ0n) is 19.3. The molecule has 6 nitrogen and oxygen atoms in total. The predicted octanol–water partition coefficient (Wildman–Crippen LogP) is 3.26. The van der Waals surface area contributed by atoms with Gasteiger partial charge in [-0.25, -0.2) is 4.39 Å². The highest BCUT2D eigenvalue weighted by molar-refractivity contribution is 5.84. The molecule has 5 rings (SSSR count). The molecule has 2 heterocycles. The first-order chi connectivity index (χ1) is 16.8. The van der Waals surface area contributed by atoms with E-state index < -0.39 is 35.7 Å². The van der Waals surface area contributed by atoms with Crippen molar-refractivity contribution in [3.8, 4) is 11.5 Å². The zero-order valence-corrected chi connectivity index (χ0v) is 19.3. The Balaban J connectivity index is 1.33. The standard InChI is InChI=1S/C26H29F3N2O4/c27-20-5-3-16-11-19(12-18(16)13-20)26(28,29)25(33)30-21(15-31-7-1-2-8-31)24(32)17-4-6-22-23(14-17)35-10-9-34-22/h3-6,13-14,19,21,24,32H,1-2,7-12,15H2,(H,30,33)/t19?,21-,24-/m1/s1. The predicted molar refractivity (Wildman–Crippen MR) is 122 cm³/mol. The van der Waals surface area contributed by atoms with Crippen molar-refractivity contribution in [1.29, 1.82) is 0 Å². The fourth-order valence-corrected chi connectivity index (χ4v) is 5.24. The van der Waals surface area contributed by atoms with Gasteiger partial charge in [0, 0.05) is 12.5 Å². The minimum atomic E-state index is -3.68. The van der Waals surface area contributed by atoms with Gasteiger partial charge in [-0.1, -0.05) is 12.1 Å². The van der Waals surface area contributed by atoms with Gasteiger partial charge in [-0.05, 0) is 79.7 Å². The van der Waals surface area contributed by atoms with Crippen LogP contribution in [0.4, 0.5) is 13.2 Å². The monoisotopic (exact) mass is 490 g/mol. The number of carbonyl (C=O) groups excluding carboxylic acids is 1. The minimum Gasteiger partial charge on any atom is -0.486 e. The van der Waals surface area contributed by atoms with E-state index in [-0.39, 0.29) is 19.4 Å². The first-order valence-corrected chi connectivity index (χ1v) is 12.1. The molecule has 2 aromatic rings. The largest absolute Gasteiger partial charge is 0.486 e. The second-order valence-corrected chi connectivity index (χ2v) is 9.58. The lowest BCUT2D eigenvalue weighted by atomic mass is 9.95. The van der Waals surface area contributed by atoms with Crippen LogP contribution in [0.2, 0.25) is 0 Å². The number of alkyl halides is 2. The summed E-state index contributed by atoms with van der Waals surface area (Å²) in [6.45, 7) is 2.60. The molecule has 0 saturated carbocycles. The molecule has 35 heavy (non-hydrogen) atoms. The summed E-state index contributed by atoms with van der Waals surface area (Å²) in [6, 6.07) is 8.01. The number of nitrogens with one attached hydrogen (secondary N) is 1. The van der Waals surface area contributed by atoms with Gasteiger partial charge in [-0.3, -0.25) is 4.79 Å². The van der Waals surface area contributed by atoms with Gasteiger partial charge in [0.2, 0.25) is 0 Å². The van der Waals surface area contributed by atoms with Crippen molar-refractivity contribution in [2.24, 2.45) is 5.92 Å². The Labute approximate surface area is 202 Å². The Bertz CT molecular complexity index is 1090. The number of nitrogens with zero attached hydrogens (tertiary/aromatic N) is 1. The number of rotatable bonds is 7. The molecule has 0 spiro atoms. The van der Waals surface area contributed by atoms with E-state index in [0.29, 0.717) is 41.4 Å². The van der Waals surface area contributed by atoms with Crippen molar-refractivity contribution >= 4 is 5.91 Å². The molecule has 1 unspecified atom stereocenters. The quantitative estimate of drug-likeness (QED) is 0.624. The third-order valence-corrected chi connectivity index (χ3v) is 7.18. The van der Waals surface area contributed by atoms with Gasteiger partial charge >= 0.3 is 5.92 Å². The fourth-order valence-electron chi connectivity index (χ4n) is 5.24. The van der Waals surface area contributed by atoms with E-state index in [1.807, 2.05) is 0 Å². The molecular weight excluding hydrogens is 461 g/mol. The lowest BCUT2D eigenvalue weighted by molar-refractivity contribution is -0.155. The number of aliphatic hydroxyl groups excluding tert-OH is 1. The second-order valence-electron chi connectivity index (χ2n) is 9.58. The third kappa shape index (κ3) is 4.97. The van der Waals surface area contributed by atoms with Gasteiger partial charge in [0.15, 0.2) is 11.5 Å². The summed E-state index contributed by atoms with van der Waals surface area (Å²) in [5.41, 5.74) is 1.59. The molecule has 2 aliphatic heterocycles. The highest BCUT2D eigenvalue weighted by Crippen LogP contribution is 2.38. The van der Waals surface area contributed by atoms with Crippen LogP contribution < -0.4 is 14.8 Å². The number of hydrogen-bond donors (Lipinski definition) is 2. The van der Waals surface area contributed by atoms with Crippen LogP contribution in [0.3, 0.4) is 0 Å². The van der Waals surface area contributed by atoms with Gasteiger partial charge in [0.05, 0.1) is 6.04 Å². The number of benzene rings is 2. The summed E-state index contributed by atoms with van der Waals surface area (Å²) in [6.07, 6.45) is 0.662. The molecule has 9 heteroatoms. The summed E-state index contributed by atoms with van der Waals surface area (Å²) >= 11 is 0. The maximum atomic E-state index is 15.3. The number of halogens is 3. The number of likely N-dealkylation sites (tertiary alicyclic amines) is 1. The molecular formula is C26H29F3N2O4. The molecule has 2 N–H and O–H groups in total. The second kappa shape index (κ2) is 9.70. The van der Waals surface area contributed by atoms with Crippen molar-refractivity contribution in [2.45, 2.75) is 43.8 Å². The Kier molecular flexibility index (Phi) is 6.63. The normalized spacial score (nSPS) is 21.4. The number of fused-ring (bicyclic) bond motifs is 2. The van der Waals surface area contributed by atoms with Crippen molar-refractivity contribution < 1.29 is 32.5 Å². The molecule has 0 aromatic heterocycles.